The molecule has 0 bridgehead atoms. The van der Waals surface area contributed by atoms with E-state index < -0.39 is 0 Å². The Morgan fingerprint density at radius 3 is 2.21 bits per heavy atom. The first-order chi connectivity index (χ1) is 11.5. The Morgan fingerprint density at radius 1 is 1.12 bits per heavy atom. The summed E-state index contributed by atoms with van der Waals surface area (Å²) < 4.78 is 0. The first kappa shape index (κ1) is 21.7. The van der Waals surface area contributed by atoms with Gasteiger partial charge >= 0.3 is 0 Å². The molecule has 1 aromatic rings. The SMILES string of the molecule is C=C/C=C\C(=C/C)N(C)C(C)/C=C\C(=C)c1ccc(C)cc1.CC. The molecule has 0 saturated carbocycles. The molecular weight excluding hydrogens is 290 g/mol. The standard InChI is InChI=1S/C21H27N.C2H6/c1-7-9-10-21(8-2)22(6)19(5)14-13-18(4)20-15-11-17(3)12-16-20;1-2/h7-16,19H,1,4H2,2-3,5-6H3;1-2H3/b10-9-,14-13-,21-8+;. The highest BCUT2D eigenvalue weighted by atomic mass is 15.1. The highest BCUT2D eigenvalue weighted by Gasteiger charge is 2.06. The van der Waals surface area contributed by atoms with Crippen molar-refractivity contribution in [1.29, 1.82) is 0 Å². The van der Waals surface area contributed by atoms with Crippen LogP contribution in [0.25, 0.3) is 5.57 Å². The van der Waals surface area contributed by atoms with Crippen LogP contribution in [0, 0.1) is 6.92 Å². The maximum absolute atomic E-state index is 4.15. The van der Waals surface area contributed by atoms with Crippen LogP contribution in [-0.4, -0.2) is 18.0 Å². The Balaban J connectivity index is 0.00000254. The van der Waals surface area contributed by atoms with E-state index in [-0.39, 0.29) is 6.04 Å². The number of likely N-dealkylation sites (N-methyl/N-ethyl adjacent to an activating group) is 1. The lowest BCUT2D eigenvalue weighted by molar-refractivity contribution is 0.384. The smallest absolute Gasteiger partial charge is 0.0444 e. The van der Waals surface area contributed by atoms with E-state index in [2.05, 4.69) is 87.5 Å². The molecule has 130 valence electrons. The second-order valence-electron chi connectivity index (χ2n) is 5.41. The molecule has 0 saturated heterocycles. The molecule has 0 aliphatic rings. The molecule has 0 spiro atoms. The zero-order valence-corrected chi connectivity index (χ0v) is 16.2. The summed E-state index contributed by atoms with van der Waals surface area (Å²) in [6.07, 6.45) is 12.2. The van der Waals surface area contributed by atoms with Gasteiger partial charge in [0.05, 0.1) is 0 Å². The van der Waals surface area contributed by atoms with Gasteiger partial charge in [-0.25, -0.2) is 0 Å². The number of hydrogen-bond donors (Lipinski definition) is 0. The minimum atomic E-state index is 0.280. The topological polar surface area (TPSA) is 3.24 Å². The van der Waals surface area contributed by atoms with Gasteiger partial charge in [0.1, 0.15) is 0 Å². The third-order valence-corrected chi connectivity index (χ3v) is 3.72. The molecule has 0 heterocycles. The third kappa shape index (κ3) is 7.32. The number of nitrogens with zero attached hydrogens (tertiary/aromatic N) is 1. The lowest BCUT2D eigenvalue weighted by Gasteiger charge is -2.25. The number of rotatable bonds is 7. The van der Waals surface area contributed by atoms with Crippen LogP contribution in [0.2, 0.25) is 0 Å². The van der Waals surface area contributed by atoms with Crippen molar-refractivity contribution in [2.24, 2.45) is 0 Å². The van der Waals surface area contributed by atoms with Crippen molar-refractivity contribution in [1.82, 2.24) is 4.90 Å². The normalized spacial score (nSPS) is 12.7. The molecule has 0 N–H and O–H groups in total. The van der Waals surface area contributed by atoms with Gasteiger partial charge < -0.3 is 4.90 Å². The first-order valence-corrected chi connectivity index (χ1v) is 8.62. The number of aryl methyl sites for hydroxylation is 1. The molecule has 1 atom stereocenters. The van der Waals surface area contributed by atoms with Crippen LogP contribution in [-0.2, 0) is 0 Å². The minimum absolute atomic E-state index is 0.280. The van der Waals surface area contributed by atoms with Gasteiger partial charge in [0.25, 0.3) is 0 Å². The van der Waals surface area contributed by atoms with E-state index in [1.54, 1.807) is 6.08 Å². The first-order valence-electron chi connectivity index (χ1n) is 8.62. The second-order valence-corrected chi connectivity index (χ2v) is 5.41. The highest BCUT2D eigenvalue weighted by molar-refractivity contribution is 5.72. The summed E-state index contributed by atoms with van der Waals surface area (Å²) in [7, 11) is 2.09. The van der Waals surface area contributed by atoms with Gasteiger partial charge in [-0.15, -0.1) is 0 Å². The predicted molar refractivity (Wildman–Crippen MR) is 111 cm³/mol. The van der Waals surface area contributed by atoms with Gasteiger partial charge in [-0.3, -0.25) is 0 Å². The maximum Gasteiger partial charge on any atom is 0.0444 e. The van der Waals surface area contributed by atoms with E-state index in [9.17, 15) is 0 Å². The molecule has 24 heavy (non-hydrogen) atoms. The molecule has 1 heteroatoms. The van der Waals surface area contributed by atoms with Crippen LogP contribution in [0.1, 0.15) is 38.8 Å². The van der Waals surface area contributed by atoms with Crippen molar-refractivity contribution in [2.75, 3.05) is 7.05 Å². The molecule has 0 aliphatic heterocycles. The summed E-state index contributed by atoms with van der Waals surface area (Å²) in [4.78, 5) is 2.22. The molecule has 0 radical (unpaired) electrons. The van der Waals surface area contributed by atoms with Crippen LogP contribution in [0.3, 0.4) is 0 Å². The summed E-state index contributed by atoms with van der Waals surface area (Å²) in [5.74, 6) is 0. The average molecular weight is 324 g/mol. The Hall–Kier alpha value is -2.28. The van der Waals surface area contributed by atoms with Crippen LogP contribution in [0.15, 0.2) is 79.6 Å². The number of allylic oxidation sites excluding steroid dienone is 6. The highest BCUT2D eigenvalue weighted by Crippen LogP contribution is 2.16. The van der Waals surface area contributed by atoms with Crippen molar-refractivity contribution < 1.29 is 0 Å². The Bertz CT molecular complexity index is 585. The van der Waals surface area contributed by atoms with E-state index in [4.69, 9.17) is 0 Å². The fourth-order valence-corrected chi connectivity index (χ4v) is 2.07. The summed E-state index contributed by atoms with van der Waals surface area (Å²) in [6, 6.07) is 8.73. The van der Waals surface area contributed by atoms with Crippen LogP contribution < -0.4 is 0 Å². The zero-order valence-electron chi connectivity index (χ0n) is 16.2. The van der Waals surface area contributed by atoms with Crippen LogP contribution in [0.5, 0.6) is 0 Å². The van der Waals surface area contributed by atoms with Gasteiger partial charge in [0.15, 0.2) is 0 Å². The Kier molecular flexibility index (Phi) is 11.0. The van der Waals surface area contributed by atoms with E-state index in [1.165, 1.54) is 5.56 Å². The van der Waals surface area contributed by atoms with Gasteiger partial charge in [-0.2, -0.15) is 0 Å². The van der Waals surface area contributed by atoms with E-state index >= 15 is 0 Å². The molecular formula is C23H33N. The fourth-order valence-electron chi connectivity index (χ4n) is 2.07. The van der Waals surface area contributed by atoms with Gasteiger partial charge in [0.2, 0.25) is 0 Å². The predicted octanol–water partition coefficient (Wildman–Crippen LogP) is 6.56. The third-order valence-electron chi connectivity index (χ3n) is 3.72. The number of benzene rings is 1. The fraction of sp³-hybridized carbons (Fsp3) is 0.304. The summed E-state index contributed by atoms with van der Waals surface area (Å²) in [5, 5.41) is 0. The average Bonchev–Trinajstić information content (AvgIpc) is 2.62. The molecule has 0 fully saturated rings. The molecule has 1 aromatic carbocycles. The molecule has 0 amide bonds. The Morgan fingerprint density at radius 2 is 1.71 bits per heavy atom. The van der Waals surface area contributed by atoms with Crippen LogP contribution in [0.4, 0.5) is 0 Å². The maximum atomic E-state index is 4.15. The largest absolute Gasteiger partial charge is 0.369 e. The van der Waals surface area contributed by atoms with Gasteiger partial charge in [0, 0.05) is 18.8 Å². The van der Waals surface area contributed by atoms with Crippen molar-refractivity contribution in [3.05, 3.63) is 90.7 Å². The lowest BCUT2D eigenvalue weighted by atomic mass is 10.0. The zero-order chi connectivity index (χ0) is 18.5. The van der Waals surface area contributed by atoms with E-state index in [0.717, 1.165) is 16.8 Å². The van der Waals surface area contributed by atoms with Crippen LogP contribution >= 0.6 is 0 Å². The second kappa shape index (κ2) is 12.2. The minimum Gasteiger partial charge on any atom is -0.369 e. The number of hydrogen-bond acceptors (Lipinski definition) is 1. The summed E-state index contributed by atoms with van der Waals surface area (Å²) in [5.41, 5.74) is 4.62. The monoisotopic (exact) mass is 323 g/mol. The Labute approximate surface area is 149 Å². The summed E-state index contributed by atoms with van der Waals surface area (Å²) in [6.45, 7) is 18.2. The van der Waals surface area contributed by atoms with Gasteiger partial charge in [-0.05, 0) is 38.0 Å². The van der Waals surface area contributed by atoms with Crippen molar-refractivity contribution in [3.8, 4) is 0 Å². The van der Waals surface area contributed by atoms with E-state index in [0.29, 0.717) is 0 Å². The lowest BCUT2D eigenvalue weighted by Crippen LogP contribution is -2.25. The summed E-state index contributed by atoms with van der Waals surface area (Å²) >= 11 is 0. The van der Waals surface area contributed by atoms with Crippen molar-refractivity contribution in [3.63, 3.8) is 0 Å². The van der Waals surface area contributed by atoms with Crippen molar-refractivity contribution in [2.45, 2.75) is 40.7 Å². The van der Waals surface area contributed by atoms with Gasteiger partial charge in [-0.1, -0.05) is 87.2 Å². The molecule has 1 unspecified atom stereocenters. The quantitative estimate of drug-likeness (QED) is 0.514. The molecule has 0 aliphatic carbocycles. The molecule has 1 rings (SSSR count). The molecule has 0 aromatic heterocycles. The molecule has 1 nitrogen and oxygen atoms in total. The van der Waals surface area contributed by atoms with Crippen molar-refractivity contribution >= 4 is 5.57 Å². The van der Waals surface area contributed by atoms with E-state index in [1.807, 2.05) is 26.8 Å².